The van der Waals surface area contributed by atoms with E-state index in [0.717, 1.165) is 29.1 Å². The monoisotopic (exact) mass is 351 g/mol. The summed E-state index contributed by atoms with van der Waals surface area (Å²) in [4.78, 5) is 20.6. The Labute approximate surface area is 151 Å². The number of aromatic nitrogens is 2. The number of benzene rings is 2. The summed E-state index contributed by atoms with van der Waals surface area (Å²) in [6, 6.07) is 16.4. The highest BCUT2D eigenvalue weighted by atomic mass is 32.2. The normalized spacial score (nSPS) is 17.6. The van der Waals surface area contributed by atoms with Gasteiger partial charge in [-0.1, -0.05) is 18.2 Å². The fourth-order valence-electron chi connectivity index (χ4n) is 3.65. The van der Waals surface area contributed by atoms with E-state index in [1.807, 2.05) is 35.2 Å². The third-order valence-corrected chi connectivity index (χ3v) is 5.58. The van der Waals surface area contributed by atoms with Crippen LogP contribution in [0.5, 0.6) is 0 Å². The summed E-state index contributed by atoms with van der Waals surface area (Å²) in [5, 5.41) is 0. The highest BCUT2D eigenvalue weighted by molar-refractivity contribution is 7.98. The average molecular weight is 351 g/mol. The quantitative estimate of drug-likeness (QED) is 0.658. The second-order valence-electron chi connectivity index (χ2n) is 6.31. The van der Waals surface area contributed by atoms with Crippen LogP contribution >= 0.6 is 11.8 Å². The minimum Gasteiger partial charge on any atom is -0.328 e. The number of hydrogen-bond acceptors (Lipinski definition) is 3. The van der Waals surface area contributed by atoms with Crippen molar-refractivity contribution in [2.45, 2.75) is 30.7 Å². The molecule has 0 N–H and O–H groups in total. The Balaban J connectivity index is 1.68. The smallest absolute Gasteiger partial charge is 0.227 e. The molecule has 1 saturated heterocycles. The van der Waals surface area contributed by atoms with Gasteiger partial charge in [0.2, 0.25) is 5.91 Å². The summed E-state index contributed by atoms with van der Waals surface area (Å²) in [7, 11) is 0. The Morgan fingerprint density at radius 2 is 2.04 bits per heavy atom. The van der Waals surface area contributed by atoms with Gasteiger partial charge in [-0.2, -0.15) is 0 Å². The van der Waals surface area contributed by atoms with E-state index in [1.54, 1.807) is 11.8 Å². The molecule has 1 amide bonds. The highest BCUT2D eigenvalue weighted by Crippen LogP contribution is 2.34. The zero-order chi connectivity index (χ0) is 17.4. The summed E-state index contributed by atoms with van der Waals surface area (Å²) >= 11 is 1.69. The van der Waals surface area contributed by atoms with Crippen LogP contribution in [0.1, 0.15) is 25.1 Å². The van der Waals surface area contributed by atoms with E-state index in [0.29, 0.717) is 13.0 Å². The molecule has 1 fully saturated rings. The predicted octanol–water partition coefficient (Wildman–Crippen LogP) is 4.30. The molecule has 0 radical (unpaired) electrons. The Kier molecular flexibility index (Phi) is 4.25. The molecule has 5 heteroatoms. The summed E-state index contributed by atoms with van der Waals surface area (Å²) < 4.78 is 2.25. The van der Waals surface area contributed by atoms with Crippen molar-refractivity contribution in [2.75, 3.05) is 17.7 Å². The van der Waals surface area contributed by atoms with Gasteiger partial charge in [-0.15, -0.1) is 11.8 Å². The van der Waals surface area contributed by atoms with E-state index in [-0.39, 0.29) is 11.8 Å². The highest BCUT2D eigenvalue weighted by Gasteiger charge is 2.34. The zero-order valence-corrected chi connectivity index (χ0v) is 15.3. The van der Waals surface area contributed by atoms with Crippen molar-refractivity contribution in [3.8, 4) is 0 Å². The molecule has 2 aromatic carbocycles. The van der Waals surface area contributed by atoms with E-state index >= 15 is 0 Å². The minimum atomic E-state index is 0.137. The zero-order valence-electron chi connectivity index (χ0n) is 14.5. The van der Waals surface area contributed by atoms with Crippen LogP contribution in [0.25, 0.3) is 11.0 Å². The van der Waals surface area contributed by atoms with Gasteiger partial charge >= 0.3 is 0 Å². The van der Waals surface area contributed by atoms with Crippen molar-refractivity contribution < 1.29 is 4.79 Å². The fraction of sp³-hybridized carbons (Fsp3) is 0.300. The first-order valence-corrected chi connectivity index (χ1v) is 9.83. The number of imidazole rings is 1. The predicted molar refractivity (Wildman–Crippen MR) is 103 cm³/mol. The molecular weight excluding hydrogens is 330 g/mol. The number of nitrogens with zero attached hydrogens (tertiary/aromatic N) is 3. The molecule has 0 saturated carbocycles. The molecular formula is C20H21N3OS. The van der Waals surface area contributed by atoms with E-state index in [9.17, 15) is 4.79 Å². The van der Waals surface area contributed by atoms with Crippen molar-refractivity contribution >= 4 is 34.4 Å². The van der Waals surface area contributed by atoms with Gasteiger partial charge < -0.3 is 9.47 Å². The second kappa shape index (κ2) is 6.56. The Morgan fingerprint density at radius 1 is 1.20 bits per heavy atom. The molecule has 128 valence electrons. The minimum absolute atomic E-state index is 0.137. The van der Waals surface area contributed by atoms with Gasteiger partial charge in [0, 0.05) is 36.0 Å². The van der Waals surface area contributed by atoms with Crippen LogP contribution < -0.4 is 4.90 Å². The van der Waals surface area contributed by atoms with Crippen LogP contribution in [0.3, 0.4) is 0 Å². The van der Waals surface area contributed by atoms with E-state index in [2.05, 4.69) is 35.9 Å². The molecule has 1 aliphatic rings. The third kappa shape index (κ3) is 2.82. The second-order valence-corrected chi connectivity index (χ2v) is 7.19. The number of carbonyl (C=O) groups is 1. The number of fused-ring (bicyclic) bond motifs is 1. The lowest BCUT2D eigenvalue weighted by atomic mass is 10.1. The van der Waals surface area contributed by atoms with E-state index in [1.165, 1.54) is 4.90 Å². The maximum absolute atomic E-state index is 12.7. The molecule has 1 atom stereocenters. The van der Waals surface area contributed by atoms with E-state index in [4.69, 9.17) is 4.98 Å². The van der Waals surface area contributed by atoms with Crippen molar-refractivity contribution in [1.29, 1.82) is 0 Å². The molecule has 0 spiro atoms. The van der Waals surface area contributed by atoms with Crippen molar-refractivity contribution in [3.05, 3.63) is 54.4 Å². The number of anilines is 1. The maximum Gasteiger partial charge on any atom is 0.227 e. The first-order chi connectivity index (χ1) is 12.2. The molecule has 1 aliphatic heterocycles. The first-order valence-electron chi connectivity index (χ1n) is 8.61. The Morgan fingerprint density at radius 3 is 2.84 bits per heavy atom. The first kappa shape index (κ1) is 16.2. The molecule has 4 nitrogen and oxygen atoms in total. The van der Waals surface area contributed by atoms with Crippen molar-refractivity contribution in [3.63, 3.8) is 0 Å². The number of hydrogen-bond donors (Lipinski definition) is 0. The molecule has 1 aromatic heterocycles. The maximum atomic E-state index is 12.7. The van der Waals surface area contributed by atoms with Crippen LogP contribution in [0.2, 0.25) is 0 Å². The molecule has 3 aromatic rings. The van der Waals surface area contributed by atoms with Gasteiger partial charge in [-0.25, -0.2) is 4.98 Å². The number of thioether (sulfide) groups is 1. The van der Waals surface area contributed by atoms with Crippen LogP contribution in [-0.4, -0.2) is 28.3 Å². The van der Waals surface area contributed by atoms with Gasteiger partial charge in [0.1, 0.15) is 5.82 Å². The number of aryl methyl sites for hydroxylation is 1. The molecule has 2 heterocycles. The van der Waals surface area contributed by atoms with Crippen LogP contribution in [0.4, 0.5) is 5.69 Å². The number of amides is 1. The van der Waals surface area contributed by atoms with E-state index < -0.39 is 0 Å². The Bertz CT molecular complexity index is 934. The third-order valence-electron chi connectivity index (χ3n) is 4.86. The molecule has 0 bridgehead atoms. The standard InChI is InChI=1S/C20H21N3OS/c1-3-22-18-10-5-4-9-17(18)21-20(22)14-11-19(24)23(13-14)15-7-6-8-16(12-15)25-2/h4-10,12,14H,3,11,13H2,1-2H3/t14-/m1/s1. The SMILES string of the molecule is CCn1c([C@@H]2CC(=O)N(c3cccc(SC)c3)C2)nc2ccccc21. The van der Waals surface area contributed by atoms with Crippen molar-refractivity contribution in [2.24, 2.45) is 0 Å². The largest absolute Gasteiger partial charge is 0.328 e. The molecule has 0 aliphatic carbocycles. The van der Waals surface area contributed by atoms with Gasteiger partial charge in [-0.3, -0.25) is 4.79 Å². The fourth-order valence-corrected chi connectivity index (χ4v) is 4.10. The Hall–Kier alpha value is -2.27. The van der Waals surface area contributed by atoms with Crippen LogP contribution in [0.15, 0.2) is 53.4 Å². The van der Waals surface area contributed by atoms with Gasteiger partial charge in [0.15, 0.2) is 0 Å². The molecule has 25 heavy (non-hydrogen) atoms. The lowest BCUT2D eigenvalue weighted by Gasteiger charge is -2.17. The average Bonchev–Trinajstić information content (AvgIpc) is 3.21. The summed E-state index contributed by atoms with van der Waals surface area (Å²) in [5.41, 5.74) is 3.14. The van der Waals surface area contributed by atoms with Crippen molar-refractivity contribution in [1.82, 2.24) is 9.55 Å². The summed E-state index contributed by atoms with van der Waals surface area (Å²) in [6.45, 7) is 3.69. The van der Waals surface area contributed by atoms with Gasteiger partial charge in [0.25, 0.3) is 0 Å². The number of rotatable bonds is 4. The number of carbonyl (C=O) groups excluding carboxylic acids is 1. The molecule has 0 unspecified atom stereocenters. The topological polar surface area (TPSA) is 38.1 Å². The lowest BCUT2D eigenvalue weighted by Crippen LogP contribution is -2.24. The lowest BCUT2D eigenvalue weighted by molar-refractivity contribution is -0.117. The van der Waals surface area contributed by atoms with Crippen LogP contribution in [0, 0.1) is 0 Å². The summed E-state index contributed by atoms with van der Waals surface area (Å²) in [6.07, 6.45) is 2.57. The summed E-state index contributed by atoms with van der Waals surface area (Å²) in [5.74, 6) is 1.34. The number of para-hydroxylation sites is 2. The molecule has 4 rings (SSSR count). The van der Waals surface area contributed by atoms with Crippen LogP contribution in [-0.2, 0) is 11.3 Å². The van der Waals surface area contributed by atoms with Gasteiger partial charge in [-0.05, 0) is 43.5 Å². The van der Waals surface area contributed by atoms with Gasteiger partial charge in [0.05, 0.1) is 11.0 Å².